The van der Waals surface area contributed by atoms with Gasteiger partial charge in [0.15, 0.2) is 11.5 Å². The minimum Gasteiger partial charge on any atom is -0.490 e. The Hall–Kier alpha value is -2.53. The largest absolute Gasteiger partial charge is 0.490 e. The minimum atomic E-state index is 0.0255. The summed E-state index contributed by atoms with van der Waals surface area (Å²) in [6, 6.07) is 15.8. The van der Waals surface area contributed by atoms with Gasteiger partial charge in [-0.1, -0.05) is 30.3 Å². The van der Waals surface area contributed by atoms with Gasteiger partial charge in [0.1, 0.15) is 0 Å². The predicted octanol–water partition coefficient (Wildman–Crippen LogP) is 2.66. The SMILES string of the molecule is NC[C@@H]1CN(C(=O)c2ccc3c(c2)OCCCO3)C[C@H]1c1ccccc1. The van der Waals surface area contributed by atoms with Crippen LogP contribution in [-0.4, -0.2) is 43.7 Å². The average Bonchev–Trinajstić information content (AvgIpc) is 2.99. The third-order valence-corrected chi connectivity index (χ3v) is 5.25. The lowest BCUT2D eigenvalue weighted by atomic mass is 9.89. The number of nitrogens with two attached hydrogens (primary N) is 1. The molecule has 0 saturated carbocycles. The molecule has 1 fully saturated rings. The molecular formula is C21H24N2O3. The number of hydrogen-bond acceptors (Lipinski definition) is 4. The normalized spacial score (nSPS) is 22.1. The van der Waals surface area contributed by atoms with E-state index in [0.717, 1.165) is 6.42 Å². The molecule has 2 N–H and O–H groups in total. The molecule has 0 spiro atoms. The van der Waals surface area contributed by atoms with Crippen molar-refractivity contribution in [2.45, 2.75) is 12.3 Å². The number of ether oxygens (including phenoxy) is 2. The topological polar surface area (TPSA) is 64.8 Å². The van der Waals surface area contributed by atoms with Gasteiger partial charge < -0.3 is 20.1 Å². The number of carbonyl (C=O) groups excluding carboxylic acids is 1. The Morgan fingerprint density at radius 3 is 2.58 bits per heavy atom. The zero-order valence-corrected chi connectivity index (χ0v) is 14.8. The molecule has 0 aromatic heterocycles. The Labute approximate surface area is 153 Å². The molecule has 2 aromatic rings. The van der Waals surface area contributed by atoms with Gasteiger partial charge in [-0.15, -0.1) is 0 Å². The van der Waals surface area contributed by atoms with E-state index in [2.05, 4.69) is 12.1 Å². The van der Waals surface area contributed by atoms with E-state index >= 15 is 0 Å². The number of nitrogens with zero attached hydrogens (tertiary/aromatic N) is 1. The van der Waals surface area contributed by atoms with Crippen molar-refractivity contribution in [1.29, 1.82) is 0 Å². The van der Waals surface area contributed by atoms with Crippen molar-refractivity contribution in [1.82, 2.24) is 4.90 Å². The molecule has 0 unspecified atom stereocenters. The maximum atomic E-state index is 13.0. The number of amides is 1. The van der Waals surface area contributed by atoms with Crippen LogP contribution in [0.25, 0.3) is 0 Å². The fourth-order valence-corrected chi connectivity index (χ4v) is 3.83. The second kappa shape index (κ2) is 7.38. The van der Waals surface area contributed by atoms with Crippen LogP contribution in [0.3, 0.4) is 0 Å². The van der Waals surface area contributed by atoms with Crippen LogP contribution in [0.2, 0.25) is 0 Å². The Morgan fingerprint density at radius 2 is 1.81 bits per heavy atom. The molecule has 26 heavy (non-hydrogen) atoms. The monoisotopic (exact) mass is 352 g/mol. The fraction of sp³-hybridized carbons (Fsp3) is 0.381. The van der Waals surface area contributed by atoms with Gasteiger partial charge in [-0.25, -0.2) is 0 Å². The van der Waals surface area contributed by atoms with Gasteiger partial charge in [-0.05, 0) is 36.2 Å². The van der Waals surface area contributed by atoms with E-state index in [9.17, 15) is 4.79 Å². The molecule has 4 rings (SSSR count). The van der Waals surface area contributed by atoms with Gasteiger partial charge >= 0.3 is 0 Å². The fourth-order valence-electron chi connectivity index (χ4n) is 3.83. The third kappa shape index (κ3) is 3.27. The molecular weight excluding hydrogens is 328 g/mol. The number of likely N-dealkylation sites (tertiary alicyclic amines) is 1. The zero-order valence-electron chi connectivity index (χ0n) is 14.8. The zero-order chi connectivity index (χ0) is 17.9. The molecule has 5 nitrogen and oxygen atoms in total. The molecule has 0 bridgehead atoms. The van der Waals surface area contributed by atoms with Crippen molar-refractivity contribution in [3.05, 3.63) is 59.7 Å². The van der Waals surface area contributed by atoms with Crippen molar-refractivity contribution in [3.8, 4) is 11.5 Å². The summed E-state index contributed by atoms with van der Waals surface area (Å²) in [5, 5.41) is 0. The van der Waals surface area contributed by atoms with Gasteiger partial charge in [-0.3, -0.25) is 4.79 Å². The summed E-state index contributed by atoms with van der Waals surface area (Å²) < 4.78 is 11.4. The molecule has 2 aliphatic rings. The molecule has 0 radical (unpaired) electrons. The number of hydrogen-bond donors (Lipinski definition) is 1. The van der Waals surface area contributed by atoms with Crippen LogP contribution in [0.15, 0.2) is 48.5 Å². The summed E-state index contributed by atoms with van der Waals surface area (Å²) in [5.74, 6) is 1.95. The summed E-state index contributed by atoms with van der Waals surface area (Å²) >= 11 is 0. The summed E-state index contributed by atoms with van der Waals surface area (Å²) in [6.07, 6.45) is 0.848. The van der Waals surface area contributed by atoms with Gasteiger partial charge in [0.05, 0.1) is 13.2 Å². The van der Waals surface area contributed by atoms with E-state index in [1.54, 1.807) is 6.07 Å². The van der Waals surface area contributed by atoms with Gasteiger partial charge in [-0.2, -0.15) is 0 Å². The highest BCUT2D eigenvalue weighted by Crippen LogP contribution is 2.35. The third-order valence-electron chi connectivity index (χ3n) is 5.25. The van der Waals surface area contributed by atoms with E-state index in [0.29, 0.717) is 49.9 Å². The first kappa shape index (κ1) is 16.9. The molecule has 2 atom stereocenters. The molecule has 2 aromatic carbocycles. The Kier molecular flexibility index (Phi) is 4.80. The van der Waals surface area contributed by atoms with Gasteiger partial charge in [0.2, 0.25) is 0 Å². The summed E-state index contributed by atoms with van der Waals surface area (Å²) in [5.41, 5.74) is 7.88. The lowest BCUT2D eigenvalue weighted by molar-refractivity contribution is 0.0786. The van der Waals surface area contributed by atoms with E-state index in [1.165, 1.54) is 5.56 Å². The molecule has 0 aliphatic carbocycles. The molecule has 1 saturated heterocycles. The van der Waals surface area contributed by atoms with E-state index < -0.39 is 0 Å². The van der Waals surface area contributed by atoms with Crippen LogP contribution < -0.4 is 15.2 Å². The molecule has 2 heterocycles. The highest BCUT2D eigenvalue weighted by atomic mass is 16.5. The Balaban J connectivity index is 1.54. The summed E-state index contributed by atoms with van der Waals surface area (Å²) in [6.45, 7) is 3.20. The van der Waals surface area contributed by atoms with Crippen molar-refractivity contribution in [2.75, 3.05) is 32.8 Å². The molecule has 136 valence electrons. The van der Waals surface area contributed by atoms with Crippen LogP contribution in [-0.2, 0) is 0 Å². The Bertz CT molecular complexity index is 778. The van der Waals surface area contributed by atoms with Crippen molar-refractivity contribution in [2.24, 2.45) is 11.7 Å². The average molecular weight is 352 g/mol. The second-order valence-corrected chi connectivity index (χ2v) is 6.94. The van der Waals surface area contributed by atoms with E-state index in [-0.39, 0.29) is 17.7 Å². The van der Waals surface area contributed by atoms with Gasteiger partial charge in [0, 0.05) is 31.0 Å². The number of fused-ring (bicyclic) bond motifs is 1. The first-order chi connectivity index (χ1) is 12.8. The lowest BCUT2D eigenvalue weighted by Gasteiger charge is -2.18. The van der Waals surface area contributed by atoms with Crippen LogP contribution >= 0.6 is 0 Å². The number of carbonyl (C=O) groups is 1. The summed E-state index contributed by atoms with van der Waals surface area (Å²) in [4.78, 5) is 15.0. The Morgan fingerprint density at radius 1 is 1.04 bits per heavy atom. The molecule has 5 heteroatoms. The van der Waals surface area contributed by atoms with Gasteiger partial charge in [0.25, 0.3) is 5.91 Å². The van der Waals surface area contributed by atoms with Crippen molar-refractivity contribution < 1.29 is 14.3 Å². The van der Waals surface area contributed by atoms with Crippen LogP contribution in [0, 0.1) is 5.92 Å². The number of benzene rings is 2. The lowest BCUT2D eigenvalue weighted by Crippen LogP contribution is -2.29. The standard InChI is InChI=1S/C21H24N2O3/c22-12-17-13-23(14-18(17)15-5-2-1-3-6-15)21(24)16-7-8-19-20(11-16)26-10-4-9-25-19/h1-3,5-8,11,17-18H,4,9-10,12-14,22H2/t17-,18+/m1/s1. The van der Waals surface area contributed by atoms with Crippen LogP contribution in [0.1, 0.15) is 28.3 Å². The smallest absolute Gasteiger partial charge is 0.254 e. The maximum absolute atomic E-state index is 13.0. The van der Waals surface area contributed by atoms with Crippen molar-refractivity contribution >= 4 is 5.91 Å². The minimum absolute atomic E-state index is 0.0255. The maximum Gasteiger partial charge on any atom is 0.254 e. The molecule has 2 aliphatic heterocycles. The first-order valence-corrected chi connectivity index (χ1v) is 9.20. The van der Waals surface area contributed by atoms with E-state index in [1.807, 2.05) is 35.2 Å². The summed E-state index contributed by atoms with van der Waals surface area (Å²) in [7, 11) is 0. The number of rotatable bonds is 3. The highest BCUT2D eigenvalue weighted by molar-refractivity contribution is 5.95. The first-order valence-electron chi connectivity index (χ1n) is 9.20. The van der Waals surface area contributed by atoms with Crippen LogP contribution in [0.5, 0.6) is 11.5 Å². The predicted molar refractivity (Wildman–Crippen MR) is 99.7 cm³/mol. The second-order valence-electron chi connectivity index (χ2n) is 6.94. The highest BCUT2D eigenvalue weighted by Gasteiger charge is 2.35. The van der Waals surface area contributed by atoms with E-state index in [4.69, 9.17) is 15.2 Å². The molecule has 1 amide bonds. The quantitative estimate of drug-likeness (QED) is 0.922. The van der Waals surface area contributed by atoms with Crippen LogP contribution in [0.4, 0.5) is 0 Å². The van der Waals surface area contributed by atoms with Crippen molar-refractivity contribution in [3.63, 3.8) is 0 Å².